The molecule has 0 aliphatic carbocycles. The van der Waals surface area contributed by atoms with Crippen LogP contribution in [0, 0.1) is 13.8 Å². The summed E-state index contributed by atoms with van der Waals surface area (Å²) in [6.45, 7) is 3.54. The lowest BCUT2D eigenvalue weighted by molar-refractivity contribution is -0.127. The van der Waals surface area contributed by atoms with E-state index in [4.69, 9.17) is 4.42 Å². The number of aryl methyl sites for hydroxylation is 2. The molecule has 1 aromatic heterocycles. The number of urea groups is 1. The number of imide groups is 1. The summed E-state index contributed by atoms with van der Waals surface area (Å²) in [6, 6.07) is 16.0. The van der Waals surface area contributed by atoms with Crippen LogP contribution in [0.1, 0.15) is 16.9 Å². The molecule has 2 heterocycles. The molecule has 8 heteroatoms. The molecular formula is C24H20BrN3O4. The fraction of sp³-hybridized carbons (Fsp3) is 0.125. The van der Waals surface area contributed by atoms with Crippen molar-refractivity contribution in [3.8, 4) is 11.3 Å². The summed E-state index contributed by atoms with van der Waals surface area (Å²) in [6.07, 6.45) is 1.45. The van der Waals surface area contributed by atoms with Crippen molar-refractivity contribution in [1.29, 1.82) is 0 Å². The Hall–Kier alpha value is -3.65. The quantitative estimate of drug-likeness (QED) is 0.392. The van der Waals surface area contributed by atoms with Crippen LogP contribution in [0.3, 0.4) is 0 Å². The zero-order chi connectivity index (χ0) is 22.8. The van der Waals surface area contributed by atoms with Gasteiger partial charge in [0, 0.05) is 21.8 Å². The number of amides is 4. The summed E-state index contributed by atoms with van der Waals surface area (Å²) in [4.78, 5) is 38.1. The number of anilines is 1. The van der Waals surface area contributed by atoms with Crippen molar-refractivity contribution >= 4 is 45.5 Å². The van der Waals surface area contributed by atoms with Crippen LogP contribution in [0.4, 0.5) is 10.5 Å². The first-order chi connectivity index (χ1) is 15.3. The Kier molecular flexibility index (Phi) is 5.96. The zero-order valence-corrected chi connectivity index (χ0v) is 19.0. The summed E-state index contributed by atoms with van der Waals surface area (Å²) >= 11 is 3.53. The molecule has 0 unspecified atom stereocenters. The van der Waals surface area contributed by atoms with E-state index in [-0.39, 0.29) is 5.70 Å². The number of nitrogens with zero attached hydrogens (tertiary/aromatic N) is 1. The van der Waals surface area contributed by atoms with Crippen LogP contribution in [0.5, 0.6) is 0 Å². The molecule has 0 atom stereocenters. The predicted octanol–water partition coefficient (Wildman–Crippen LogP) is 4.86. The van der Waals surface area contributed by atoms with E-state index < -0.39 is 24.4 Å². The number of carbonyl (C=O) groups excluding carboxylic acids is 3. The number of hydrogen-bond donors (Lipinski definition) is 2. The summed E-state index contributed by atoms with van der Waals surface area (Å²) < 4.78 is 6.72. The van der Waals surface area contributed by atoms with Crippen LogP contribution in [-0.2, 0) is 9.59 Å². The molecule has 162 valence electrons. The average Bonchev–Trinajstić information content (AvgIpc) is 3.30. The fourth-order valence-electron chi connectivity index (χ4n) is 3.23. The first-order valence-electron chi connectivity index (χ1n) is 9.87. The number of nitrogens with one attached hydrogen (secondary N) is 2. The molecule has 1 fully saturated rings. The lowest BCUT2D eigenvalue weighted by Gasteiger charge is -2.12. The molecule has 0 radical (unpaired) electrons. The SMILES string of the molecule is Cc1ccc(NC(=O)CN2C(=O)N/C(=C\c3ccc(-c4ccc(C)cc4Br)o3)C2=O)cc1. The van der Waals surface area contributed by atoms with Gasteiger partial charge in [0.1, 0.15) is 23.8 Å². The number of halogens is 1. The number of carbonyl (C=O) groups is 3. The molecule has 32 heavy (non-hydrogen) atoms. The Morgan fingerprint density at radius 2 is 1.78 bits per heavy atom. The largest absolute Gasteiger partial charge is 0.457 e. The predicted molar refractivity (Wildman–Crippen MR) is 125 cm³/mol. The molecule has 0 spiro atoms. The van der Waals surface area contributed by atoms with Gasteiger partial charge < -0.3 is 15.1 Å². The van der Waals surface area contributed by atoms with E-state index in [0.29, 0.717) is 17.2 Å². The highest BCUT2D eigenvalue weighted by molar-refractivity contribution is 9.10. The average molecular weight is 494 g/mol. The second kappa shape index (κ2) is 8.84. The minimum Gasteiger partial charge on any atom is -0.457 e. The molecule has 3 aromatic rings. The van der Waals surface area contributed by atoms with Gasteiger partial charge in [-0.3, -0.25) is 9.59 Å². The molecule has 1 aliphatic rings. The highest BCUT2D eigenvalue weighted by Crippen LogP contribution is 2.31. The van der Waals surface area contributed by atoms with Crippen molar-refractivity contribution < 1.29 is 18.8 Å². The van der Waals surface area contributed by atoms with Gasteiger partial charge in [0.25, 0.3) is 5.91 Å². The number of benzene rings is 2. The lowest BCUT2D eigenvalue weighted by atomic mass is 10.1. The standard InChI is InChI=1S/C24H20BrN3O4/c1-14-3-6-16(7-4-14)26-22(29)13-28-23(30)20(27-24(28)31)12-17-8-10-21(32-17)18-9-5-15(2)11-19(18)25/h3-12H,13H2,1-2H3,(H,26,29)(H,27,31)/b20-12-. The third-order valence-corrected chi connectivity index (χ3v) is 5.56. The molecule has 4 amide bonds. The normalized spacial score (nSPS) is 14.7. The summed E-state index contributed by atoms with van der Waals surface area (Å²) in [5, 5.41) is 5.17. The molecule has 0 saturated carbocycles. The van der Waals surface area contributed by atoms with E-state index >= 15 is 0 Å². The minimum absolute atomic E-state index is 0.0435. The smallest absolute Gasteiger partial charge is 0.329 e. The Labute approximate surface area is 193 Å². The number of furan rings is 1. The van der Waals surface area contributed by atoms with Crippen molar-refractivity contribution in [3.63, 3.8) is 0 Å². The molecular weight excluding hydrogens is 474 g/mol. The van der Waals surface area contributed by atoms with Gasteiger partial charge >= 0.3 is 6.03 Å². The van der Waals surface area contributed by atoms with E-state index in [9.17, 15) is 14.4 Å². The molecule has 1 saturated heterocycles. The van der Waals surface area contributed by atoms with Crippen LogP contribution in [-0.4, -0.2) is 29.3 Å². The van der Waals surface area contributed by atoms with Crippen molar-refractivity contribution in [2.45, 2.75) is 13.8 Å². The first-order valence-corrected chi connectivity index (χ1v) is 10.7. The Morgan fingerprint density at radius 1 is 1.06 bits per heavy atom. The van der Waals surface area contributed by atoms with Crippen LogP contribution in [0.25, 0.3) is 17.4 Å². The van der Waals surface area contributed by atoms with Gasteiger partial charge in [-0.05, 0) is 55.8 Å². The maximum atomic E-state index is 12.7. The van der Waals surface area contributed by atoms with Gasteiger partial charge in [0.05, 0.1) is 0 Å². The van der Waals surface area contributed by atoms with E-state index in [1.807, 2.05) is 44.2 Å². The van der Waals surface area contributed by atoms with Crippen molar-refractivity contribution in [3.05, 3.63) is 81.7 Å². The monoisotopic (exact) mass is 493 g/mol. The Bertz CT molecular complexity index is 1240. The molecule has 1 aliphatic heterocycles. The molecule has 0 bridgehead atoms. The van der Waals surface area contributed by atoms with Crippen LogP contribution in [0.2, 0.25) is 0 Å². The Morgan fingerprint density at radius 3 is 2.50 bits per heavy atom. The third-order valence-electron chi connectivity index (χ3n) is 4.90. The van der Waals surface area contributed by atoms with Gasteiger partial charge in [0.15, 0.2) is 0 Å². The topological polar surface area (TPSA) is 91.7 Å². The maximum absolute atomic E-state index is 12.7. The summed E-state index contributed by atoms with van der Waals surface area (Å²) in [7, 11) is 0. The highest BCUT2D eigenvalue weighted by atomic mass is 79.9. The van der Waals surface area contributed by atoms with E-state index in [1.165, 1.54) is 6.08 Å². The molecule has 4 rings (SSSR count). The van der Waals surface area contributed by atoms with Crippen molar-refractivity contribution in [1.82, 2.24) is 10.2 Å². The van der Waals surface area contributed by atoms with Gasteiger partial charge in [0.2, 0.25) is 5.91 Å². The number of rotatable bonds is 5. The van der Waals surface area contributed by atoms with Gasteiger partial charge in [-0.25, -0.2) is 9.69 Å². The van der Waals surface area contributed by atoms with Crippen LogP contribution < -0.4 is 10.6 Å². The second-order valence-corrected chi connectivity index (χ2v) is 8.33. The zero-order valence-electron chi connectivity index (χ0n) is 17.4. The molecule has 2 N–H and O–H groups in total. The number of hydrogen-bond acceptors (Lipinski definition) is 4. The van der Waals surface area contributed by atoms with Crippen molar-refractivity contribution in [2.24, 2.45) is 0 Å². The first kappa shape index (κ1) is 21.6. The van der Waals surface area contributed by atoms with Crippen LogP contribution >= 0.6 is 15.9 Å². The Balaban J connectivity index is 1.46. The lowest BCUT2D eigenvalue weighted by Crippen LogP contribution is -2.38. The van der Waals surface area contributed by atoms with E-state index in [1.54, 1.807) is 24.3 Å². The molecule has 2 aromatic carbocycles. The van der Waals surface area contributed by atoms with Crippen molar-refractivity contribution in [2.75, 3.05) is 11.9 Å². The summed E-state index contributed by atoms with van der Waals surface area (Å²) in [5.41, 5.74) is 3.68. The van der Waals surface area contributed by atoms with E-state index in [0.717, 1.165) is 26.1 Å². The second-order valence-electron chi connectivity index (χ2n) is 7.48. The van der Waals surface area contributed by atoms with E-state index in [2.05, 4.69) is 26.6 Å². The third kappa shape index (κ3) is 4.65. The van der Waals surface area contributed by atoms with Gasteiger partial charge in [-0.2, -0.15) is 0 Å². The van der Waals surface area contributed by atoms with Gasteiger partial charge in [-0.15, -0.1) is 0 Å². The highest BCUT2D eigenvalue weighted by Gasteiger charge is 2.35. The summed E-state index contributed by atoms with van der Waals surface area (Å²) in [5.74, 6) is -0.0384. The fourth-order valence-corrected chi connectivity index (χ4v) is 3.92. The molecule has 7 nitrogen and oxygen atoms in total. The van der Waals surface area contributed by atoms with Gasteiger partial charge in [-0.1, -0.05) is 39.7 Å². The van der Waals surface area contributed by atoms with Crippen LogP contribution in [0.15, 0.2) is 69.2 Å². The minimum atomic E-state index is -0.659. The maximum Gasteiger partial charge on any atom is 0.329 e.